The molecule has 1 aliphatic heterocycles. The molecular weight excluding hydrogens is 430 g/mol. The van der Waals surface area contributed by atoms with Crippen LogP contribution < -0.4 is 5.32 Å². The topological polar surface area (TPSA) is 152 Å². The Morgan fingerprint density at radius 2 is 1.84 bits per heavy atom. The Morgan fingerprint density at radius 1 is 1.13 bits per heavy atom. The van der Waals surface area contributed by atoms with Crippen molar-refractivity contribution >= 4 is 38.9 Å². The van der Waals surface area contributed by atoms with Gasteiger partial charge in [0.15, 0.2) is 0 Å². The summed E-state index contributed by atoms with van der Waals surface area (Å²) in [5.74, 6) is -1.56. The Morgan fingerprint density at radius 3 is 2.55 bits per heavy atom. The number of rotatable bonds is 9. The van der Waals surface area contributed by atoms with E-state index in [1.165, 1.54) is 0 Å². The van der Waals surface area contributed by atoms with E-state index in [1.807, 2.05) is 12.1 Å². The average Bonchev–Trinajstić information content (AvgIpc) is 3.03. The third kappa shape index (κ3) is 6.70. The predicted octanol–water partition coefficient (Wildman–Crippen LogP) is 0.972. The summed E-state index contributed by atoms with van der Waals surface area (Å²) in [6.45, 7) is 0.290. The molecule has 1 saturated heterocycles. The smallest absolute Gasteiger partial charge is 0.380 e. The van der Waals surface area contributed by atoms with E-state index < -0.39 is 33.8 Å². The van der Waals surface area contributed by atoms with Gasteiger partial charge in [0, 0.05) is 31.0 Å². The van der Waals surface area contributed by atoms with E-state index >= 15 is 0 Å². The first-order chi connectivity index (χ1) is 14.7. The molecule has 0 bridgehead atoms. The molecule has 11 nitrogen and oxygen atoms in total. The second-order valence-electron chi connectivity index (χ2n) is 6.83. The number of carbonyl (C=O) groups is 3. The van der Waals surface area contributed by atoms with Gasteiger partial charge in [-0.3, -0.25) is 19.1 Å². The Balaban J connectivity index is 1.53. The number of hydrogen-bond donors (Lipinski definition) is 2. The van der Waals surface area contributed by atoms with E-state index in [4.69, 9.17) is 14.1 Å². The summed E-state index contributed by atoms with van der Waals surface area (Å²) in [6, 6.07) is 7.30. The second kappa shape index (κ2) is 9.81. The predicted molar refractivity (Wildman–Crippen MR) is 107 cm³/mol. The lowest BCUT2D eigenvalue weighted by Crippen LogP contribution is -2.36. The number of fused-ring (bicyclic) bond motifs is 1. The maximum atomic E-state index is 11.9. The molecule has 1 fully saturated rings. The number of pyridine rings is 1. The lowest BCUT2D eigenvalue weighted by molar-refractivity contribution is -0.171. The molecule has 2 heterocycles. The second-order valence-corrected chi connectivity index (χ2v) is 8.41. The monoisotopic (exact) mass is 451 g/mol. The average molecular weight is 451 g/mol. The zero-order valence-corrected chi connectivity index (χ0v) is 17.3. The normalized spacial score (nSPS) is 14.3. The van der Waals surface area contributed by atoms with Crippen LogP contribution in [-0.2, 0) is 42.2 Å². The van der Waals surface area contributed by atoms with Gasteiger partial charge in [0.2, 0.25) is 0 Å². The molecule has 3 rings (SSSR count). The summed E-state index contributed by atoms with van der Waals surface area (Å²) in [6.07, 6.45) is 1.34. The highest BCUT2D eigenvalue weighted by atomic mass is 32.2. The quantitative estimate of drug-likeness (QED) is 0.323. The Kier molecular flexibility index (Phi) is 7.15. The first-order valence-corrected chi connectivity index (χ1v) is 11.0. The first kappa shape index (κ1) is 22.6. The molecular formula is C19H21N3O8S. The standard InChI is InChI=1S/C19H21N3O8S/c23-17-3-4-18(24)22(17)30-19(25)21-12-13-1-2-16-15(9-13)10-14(11-20-16)5-6-29-7-8-31(26,27)28/h1-2,9-11H,3-8,12H2,(H,21,25)(H,26,27,28). The first-order valence-electron chi connectivity index (χ1n) is 9.43. The summed E-state index contributed by atoms with van der Waals surface area (Å²) >= 11 is 0. The zero-order chi connectivity index (χ0) is 22.4. The van der Waals surface area contributed by atoms with Gasteiger partial charge in [0.1, 0.15) is 0 Å². The summed E-state index contributed by atoms with van der Waals surface area (Å²) < 4.78 is 35.2. The van der Waals surface area contributed by atoms with Gasteiger partial charge in [-0.2, -0.15) is 8.42 Å². The summed E-state index contributed by atoms with van der Waals surface area (Å²) in [7, 11) is -4.04. The van der Waals surface area contributed by atoms with Crippen LogP contribution in [0.4, 0.5) is 4.79 Å². The van der Waals surface area contributed by atoms with E-state index in [0.29, 0.717) is 11.5 Å². The van der Waals surface area contributed by atoms with Crippen molar-refractivity contribution in [1.29, 1.82) is 0 Å². The Hall–Kier alpha value is -3.09. The molecule has 12 heteroatoms. The van der Waals surface area contributed by atoms with Crippen LogP contribution in [0.25, 0.3) is 10.9 Å². The van der Waals surface area contributed by atoms with E-state index in [1.54, 1.807) is 18.3 Å². The molecule has 1 aliphatic rings. The molecule has 0 radical (unpaired) electrons. The van der Waals surface area contributed by atoms with Crippen LogP contribution in [0.5, 0.6) is 0 Å². The minimum atomic E-state index is -4.04. The number of aromatic nitrogens is 1. The molecule has 3 amide bonds. The number of ether oxygens (including phenoxy) is 1. The van der Waals surface area contributed by atoms with Gasteiger partial charge in [0.05, 0.1) is 24.5 Å². The van der Waals surface area contributed by atoms with Gasteiger partial charge in [0.25, 0.3) is 21.9 Å². The minimum Gasteiger partial charge on any atom is -0.380 e. The fourth-order valence-electron chi connectivity index (χ4n) is 2.88. The van der Waals surface area contributed by atoms with Gasteiger partial charge >= 0.3 is 6.09 Å². The van der Waals surface area contributed by atoms with Crippen molar-refractivity contribution in [1.82, 2.24) is 15.4 Å². The van der Waals surface area contributed by atoms with Crippen molar-refractivity contribution < 1.29 is 36.9 Å². The highest BCUT2D eigenvalue weighted by Crippen LogP contribution is 2.17. The molecule has 0 unspecified atom stereocenters. The minimum absolute atomic E-state index is 0.0255. The molecule has 2 aromatic rings. The summed E-state index contributed by atoms with van der Waals surface area (Å²) in [4.78, 5) is 43.9. The molecule has 2 N–H and O–H groups in total. The zero-order valence-electron chi connectivity index (χ0n) is 16.4. The van der Waals surface area contributed by atoms with Crippen molar-refractivity contribution in [3.8, 4) is 0 Å². The summed E-state index contributed by atoms with van der Waals surface area (Å²) in [5.41, 5.74) is 2.37. The lowest BCUT2D eigenvalue weighted by Gasteiger charge is -2.13. The molecule has 0 saturated carbocycles. The van der Waals surface area contributed by atoms with Crippen LogP contribution in [0.1, 0.15) is 24.0 Å². The number of nitrogens with one attached hydrogen (secondary N) is 1. The maximum absolute atomic E-state index is 11.9. The fourth-order valence-corrected chi connectivity index (χ4v) is 3.21. The number of nitrogens with zero attached hydrogens (tertiary/aromatic N) is 2. The van der Waals surface area contributed by atoms with Crippen molar-refractivity contribution in [2.75, 3.05) is 19.0 Å². The molecule has 1 aromatic carbocycles. The van der Waals surface area contributed by atoms with Crippen molar-refractivity contribution in [2.24, 2.45) is 0 Å². The maximum Gasteiger partial charge on any atom is 0.432 e. The molecule has 0 spiro atoms. The molecule has 0 atom stereocenters. The Bertz CT molecular complexity index is 1090. The third-order valence-corrected chi connectivity index (χ3v) is 5.12. The van der Waals surface area contributed by atoms with Gasteiger partial charge in [-0.05, 0) is 35.7 Å². The highest BCUT2D eigenvalue weighted by molar-refractivity contribution is 7.85. The van der Waals surface area contributed by atoms with Crippen molar-refractivity contribution in [2.45, 2.75) is 25.8 Å². The van der Waals surface area contributed by atoms with Crippen molar-refractivity contribution in [3.63, 3.8) is 0 Å². The van der Waals surface area contributed by atoms with Gasteiger partial charge in [-0.1, -0.05) is 6.07 Å². The molecule has 31 heavy (non-hydrogen) atoms. The molecule has 0 aliphatic carbocycles. The largest absolute Gasteiger partial charge is 0.432 e. The number of imide groups is 1. The SMILES string of the molecule is O=C(NCc1ccc2ncc(CCOCCS(=O)(=O)O)cc2c1)ON1C(=O)CCC1=O. The molecule has 166 valence electrons. The van der Waals surface area contributed by atoms with Crippen LogP contribution in [0.15, 0.2) is 30.5 Å². The number of hydrogen-bond acceptors (Lipinski definition) is 8. The Labute approximate surface area is 178 Å². The van der Waals surface area contributed by atoms with Gasteiger partial charge < -0.3 is 14.9 Å². The van der Waals surface area contributed by atoms with Crippen LogP contribution in [-0.4, -0.2) is 59.9 Å². The fraction of sp³-hybridized carbons (Fsp3) is 0.368. The van der Waals surface area contributed by atoms with E-state index in [-0.39, 0.29) is 32.6 Å². The number of hydroxylamine groups is 2. The molecule has 1 aromatic heterocycles. The number of amides is 3. The summed E-state index contributed by atoms with van der Waals surface area (Å²) in [5, 5.41) is 3.79. The number of carbonyl (C=O) groups excluding carboxylic acids is 3. The van der Waals surface area contributed by atoms with E-state index in [0.717, 1.165) is 22.0 Å². The number of benzene rings is 1. The third-order valence-electron chi connectivity index (χ3n) is 4.44. The van der Waals surface area contributed by atoms with E-state index in [2.05, 4.69) is 10.3 Å². The van der Waals surface area contributed by atoms with Gasteiger partial charge in [-0.25, -0.2) is 4.79 Å². The van der Waals surface area contributed by atoms with Crippen LogP contribution in [0.3, 0.4) is 0 Å². The van der Waals surface area contributed by atoms with Gasteiger partial charge in [-0.15, -0.1) is 5.06 Å². The van der Waals surface area contributed by atoms with Crippen LogP contribution in [0.2, 0.25) is 0 Å². The lowest BCUT2D eigenvalue weighted by atomic mass is 10.1. The van der Waals surface area contributed by atoms with Crippen LogP contribution >= 0.6 is 0 Å². The van der Waals surface area contributed by atoms with Crippen molar-refractivity contribution in [3.05, 3.63) is 41.6 Å². The van der Waals surface area contributed by atoms with Crippen LogP contribution in [0, 0.1) is 0 Å². The van der Waals surface area contributed by atoms with E-state index in [9.17, 15) is 22.8 Å². The highest BCUT2D eigenvalue weighted by Gasteiger charge is 2.32.